The van der Waals surface area contributed by atoms with Crippen molar-refractivity contribution in [3.8, 4) is 17.6 Å². The van der Waals surface area contributed by atoms with Crippen molar-refractivity contribution < 1.29 is 28.6 Å². The summed E-state index contributed by atoms with van der Waals surface area (Å²) in [6.45, 7) is 0.0634. The molecule has 48 heavy (non-hydrogen) atoms. The lowest BCUT2D eigenvalue weighted by Gasteiger charge is -2.49. The summed E-state index contributed by atoms with van der Waals surface area (Å²) in [5.41, 5.74) is 2.58. The highest BCUT2D eigenvalue weighted by atomic mass is 32.2. The summed E-state index contributed by atoms with van der Waals surface area (Å²) < 4.78 is 17.9. The Bertz CT molecular complexity index is 1770. The fourth-order valence-electron chi connectivity index (χ4n) is 5.36. The largest absolute Gasteiger partial charge is 0.495 e. The summed E-state index contributed by atoms with van der Waals surface area (Å²) in [6, 6.07) is 36.8. The van der Waals surface area contributed by atoms with Gasteiger partial charge in [-0.25, -0.2) is 4.79 Å². The molecule has 2 aliphatic heterocycles. The van der Waals surface area contributed by atoms with Crippen LogP contribution in [0.5, 0.6) is 5.75 Å². The second-order valence-corrected chi connectivity index (χ2v) is 12.2. The number of hydrogen-bond donors (Lipinski definition) is 1. The lowest BCUT2D eigenvalue weighted by atomic mass is 10.0. The van der Waals surface area contributed by atoms with E-state index in [2.05, 4.69) is 17.2 Å². The first-order chi connectivity index (χ1) is 23.6. The number of carbonyl (C=O) groups excluding carboxylic acids is 3. The molecule has 2 amide bonds. The molecule has 6 rings (SSSR count). The third-order valence-electron chi connectivity index (χ3n) is 7.71. The van der Waals surface area contributed by atoms with Gasteiger partial charge in [-0.15, -0.1) is 11.8 Å². The Balaban J connectivity index is 1.18. The highest BCUT2D eigenvalue weighted by molar-refractivity contribution is 8.00. The predicted molar refractivity (Wildman–Crippen MR) is 183 cm³/mol. The maximum absolute atomic E-state index is 14.1. The van der Waals surface area contributed by atoms with E-state index in [9.17, 15) is 14.4 Å². The smallest absolute Gasteiger partial charge is 0.359 e. The van der Waals surface area contributed by atoms with Gasteiger partial charge in [-0.1, -0.05) is 109 Å². The average molecular weight is 659 g/mol. The van der Waals surface area contributed by atoms with Crippen molar-refractivity contribution in [3.63, 3.8) is 0 Å². The van der Waals surface area contributed by atoms with Gasteiger partial charge in [0.2, 0.25) is 0 Å². The molecule has 1 fully saturated rings. The summed E-state index contributed by atoms with van der Waals surface area (Å²) in [6.07, 6.45) is 0.519. The van der Waals surface area contributed by atoms with Crippen LogP contribution in [-0.2, 0) is 23.9 Å². The lowest BCUT2D eigenvalue weighted by Crippen LogP contribution is -2.71. The van der Waals surface area contributed by atoms with Crippen molar-refractivity contribution in [2.45, 2.75) is 30.4 Å². The normalized spacial score (nSPS) is 16.6. The van der Waals surface area contributed by atoms with E-state index in [-0.39, 0.29) is 12.3 Å². The number of carbonyl (C=O) groups is 3. The highest BCUT2D eigenvalue weighted by Crippen LogP contribution is 2.42. The van der Waals surface area contributed by atoms with Gasteiger partial charge in [0, 0.05) is 12.0 Å². The molecule has 0 bridgehead atoms. The molecule has 8 nitrogen and oxygen atoms in total. The number of amides is 2. The van der Waals surface area contributed by atoms with Gasteiger partial charge < -0.3 is 19.5 Å². The van der Waals surface area contributed by atoms with Gasteiger partial charge in [0.1, 0.15) is 22.9 Å². The van der Waals surface area contributed by atoms with E-state index in [4.69, 9.17) is 14.2 Å². The van der Waals surface area contributed by atoms with Crippen LogP contribution in [0.25, 0.3) is 0 Å². The number of thioether (sulfide) groups is 1. The zero-order valence-corrected chi connectivity index (χ0v) is 26.9. The zero-order valence-electron chi connectivity index (χ0n) is 26.1. The van der Waals surface area contributed by atoms with Crippen molar-refractivity contribution in [3.05, 3.63) is 149 Å². The minimum absolute atomic E-state index is 0.0574. The minimum atomic E-state index is -0.821. The summed E-state index contributed by atoms with van der Waals surface area (Å²) in [5, 5.41) is 2.27. The van der Waals surface area contributed by atoms with Gasteiger partial charge in [-0.05, 0) is 41.8 Å². The number of esters is 1. The number of unbranched alkanes of at least 4 members (excludes halogenated alkanes) is 1. The number of ether oxygens (including phenoxy) is 3. The minimum Gasteiger partial charge on any atom is -0.495 e. The van der Waals surface area contributed by atoms with Gasteiger partial charge in [-0.2, -0.15) is 0 Å². The standard InChI is InChI=1S/C39H34N2O6S/c42-33(26-46-31-23-13-4-14-24-31)40-34-37(43)41-35(39(44)47-36(29-19-9-2-10-20-29)30-21-11-3-12-22-30)32(27-48-38(34)41)45-25-15-5-8-18-28-16-6-1-7-17-28/h1-4,6-7,9-14,16-17,19-24,34,36,38H,5,15,25-27H2,(H,40,42)/t34-,38+/m1/s1. The van der Waals surface area contributed by atoms with E-state index >= 15 is 0 Å². The van der Waals surface area contributed by atoms with Crippen LogP contribution in [0.4, 0.5) is 0 Å². The van der Waals surface area contributed by atoms with E-state index in [0.29, 0.717) is 36.7 Å². The number of β-lactam (4-membered cyclic amide) rings is 1. The number of para-hydroxylation sites is 1. The maximum atomic E-state index is 14.1. The molecule has 2 atom stereocenters. The van der Waals surface area contributed by atoms with E-state index in [1.807, 2.05) is 109 Å². The van der Waals surface area contributed by atoms with Crippen LogP contribution >= 0.6 is 11.8 Å². The van der Waals surface area contributed by atoms with Gasteiger partial charge in [0.15, 0.2) is 18.4 Å². The molecule has 4 aromatic rings. The highest BCUT2D eigenvalue weighted by Gasteiger charge is 2.55. The molecular formula is C39H34N2O6S. The summed E-state index contributed by atoms with van der Waals surface area (Å²) in [5.74, 6) is 6.00. The molecular weight excluding hydrogens is 625 g/mol. The van der Waals surface area contributed by atoms with Crippen LogP contribution < -0.4 is 10.1 Å². The van der Waals surface area contributed by atoms with Gasteiger partial charge in [-0.3, -0.25) is 14.5 Å². The fraction of sp³-hybridized carbons (Fsp3) is 0.205. The quantitative estimate of drug-likeness (QED) is 0.0883. The molecule has 0 radical (unpaired) electrons. The molecule has 1 N–H and O–H groups in total. The second-order valence-electron chi connectivity index (χ2n) is 11.1. The van der Waals surface area contributed by atoms with E-state index < -0.39 is 35.3 Å². The maximum Gasteiger partial charge on any atom is 0.359 e. The molecule has 2 aliphatic rings. The Kier molecular flexibility index (Phi) is 10.8. The molecule has 0 spiro atoms. The molecule has 1 saturated heterocycles. The van der Waals surface area contributed by atoms with E-state index in [1.165, 1.54) is 16.7 Å². The third kappa shape index (κ3) is 7.91. The van der Waals surface area contributed by atoms with Crippen LogP contribution in [0.2, 0.25) is 0 Å². The van der Waals surface area contributed by atoms with Crippen LogP contribution in [0.3, 0.4) is 0 Å². The van der Waals surface area contributed by atoms with E-state index in [0.717, 1.165) is 16.7 Å². The molecule has 0 saturated carbocycles. The second kappa shape index (κ2) is 15.9. The molecule has 2 heterocycles. The molecule has 4 aromatic carbocycles. The van der Waals surface area contributed by atoms with Crippen LogP contribution in [0, 0.1) is 11.8 Å². The molecule has 0 unspecified atom stereocenters. The number of rotatable bonds is 12. The van der Waals surface area contributed by atoms with Crippen molar-refractivity contribution in [2.24, 2.45) is 0 Å². The number of fused-ring (bicyclic) bond motifs is 1. The Hall–Kier alpha value is -5.46. The SMILES string of the molecule is O=C(COc1ccccc1)N[C@@H]1C(=O)N2C(C(=O)OC(c3ccccc3)c3ccccc3)=C(OCCCC#Cc3ccccc3)CS[C@@H]12. The Labute approximate surface area is 284 Å². The van der Waals surface area contributed by atoms with Crippen LogP contribution in [-0.4, -0.2) is 53.1 Å². The van der Waals surface area contributed by atoms with Gasteiger partial charge in [0.25, 0.3) is 11.8 Å². The monoisotopic (exact) mass is 658 g/mol. The summed E-state index contributed by atoms with van der Waals surface area (Å²) in [4.78, 5) is 41.8. The average Bonchev–Trinajstić information content (AvgIpc) is 3.14. The number of nitrogens with one attached hydrogen (secondary N) is 1. The Morgan fingerprint density at radius 2 is 1.44 bits per heavy atom. The van der Waals surface area contributed by atoms with Gasteiger partial charge >= 0.3 is 5.97 Å². The Morgan fingerprint density at radius 3 is 2.08 bits per heavy atom. The Morgan fingerprint density at radius 1 is 0.833 bits per heavy atom. The van der Waals surface area contributed by atoms with Crippen molar-refractivity contribution in [1.82, 2.24) is 10.2 Å². The van der Waals surface area contributed by atoms with E-state index in [1.54, 1.807) is 12.1 Å². The first kappa shape index (κ1) is 32.5. The van der Waals surface area contributed by atoms with Crippen molar-refractivity contribution in [2.75, 3.05) is 19.0 Å². The van der Waals surface area contributed by atoms with Crippen LogP contribution in [0.15, 0.2) is 133 Å². The summed E-state index contributed by atoms with van der Waals surface area (Å²) in [7, 11) is 0. The van der Waals surface area contributed by atoms with Crippen molar-refractivity contribution in [1.29, 1.82) is 0 Å². The fourth-order valence-corrected chi connectivity index (χ4v) is 6.64. The predicted octanol–water partition coefficient (Wildman–Crippen LogP) is 5.86. The zero-order chi connectivity index (χ0) is 33.1. The molecule has 9 heteroatoms. The first-order valence-corrected chi connectivity index (χ1v) is 16.8. The summed E-state index contributed by atoms with van der Waals surface area (Å²) >= 11 is 1.42. The number of benzene rings is 4. The molecule has 0 aromatic heterocycles. The lowest BCUT2D eigenvalue weighted by molar-refractivity contribution is -0.155. The molecule has 0 aliphatic carbocycles. The number of hydrogen-bond acceptors (Lipinski definition) is 7. The van der Waals surface area contributed by atoms with Crippen LogP contribution in [0.1, 0.15) is 35.6 Å². The van der Waals surface area contributed by atoms with Gasteiger partial charge in [0.05, 0.1) is 12.4 Å². The number of nitrogens with zero attached hydrogens (tertiary/aromatic N) is 1. The first-order valence-electron chi connectivity index (χ1n) is 15.7. The molecule has 242 valence electrons. The van der Waals surface area contributed by atoms with Crippen molar-refractivity contribution >= 4 is 29.5 Å². The topological polar surface area (TPSA) is 94.2 Å². The third-order valence-corrected chi connectivity index (χ3v) is 8.97.